The maximum atomic E-state index is 11.5. The number of aliphatic hydroxyl groups is 1. The van der Waals surface area contributed by atoms with E-state index in [1.165, 1.54) is 0 Å². The molecule has 0 spiro atoms. The van der Waals surface area contributed by atoms with Crippen LogP contribution >= 0.6 is 0 Å². The summed E-state index contributed by atoms with van der Waals surface area (Å²) in [6.45, 7) is 0.0982. The molecule has 106 valence electrons. The molecule has 3 rings (SSSR count). The van der Waals surface area contributed by atoms with E-state index in [0.29, 0.717) is 18.6 Å². The number of sulfone groups is 1. The van der Waals surface area contributed by atoms with Gasteiger partial charge in [0.15, 0.2) is 9.84 Å². The van der Waals surface area contributed by atoms with Crippen molar-refractivity contribution in [3.05, 3.63) is 11.6 Å². The van der Waals surface area contributed by atoms with Crippen LogP contribution in [0.1, 0.15) is 37.0 Å². The third-order valence-corrected chi connectivity index (χ3v) is 5.99. The van der Waals surface area contributed by atoms with E-state index in [9.17, 15) is 13.5 Å². The Morgan fingerprint density at radius 1 is 1.32 bits per heavy atom. The van der Waals surface area contributed by atoms with E-state index >= 15 is 0 Å². The lowest BCUT2D eigenvalue weighted by Crippen LogP contribution is -2.24. The van der Waals surface area contributed by atoms with Crippen LogP contribution in [0, 0.1) is 5.92 Å². The van der Waals surface area contributed by atoms with Crippen molar-refractivity contribution < 1.29 is 13.5 Å². The number of aromatic nitrogens is 3. The van der Waals surface area contributed by atoms with Crippen LogP contribution in [0.15, 0.2) is 0 Å². The zero-order chi connectivity index (χ0) is 13.5. The van der Waals surface area contributed by atoms with Crippen LogP contribution in [0.25, 0.3) is 0 Å². The highest BCUT2D eigenvalue weighted by atomic mass is 32.2. The summed E-state index contributed by atoms with van der Waals surface area (Å²) < 4.78 is 25.0. The fourth-order valence-corrected chi connectivity index (χ4v) is 5.04. The molecule has 2 aliphatic rings. The van der Waals surface area contributed by atoms with Crippen LogP contribution in [0.3, 0.4) is 0 Å². The van der Waals surface area contributed by atoms with Gasteiger partial charge in [-0.25, -0.2) is 8.42 Å². The maximum Gasteiger partial charge on any atom is 0.150 e. The summed E-state index contributed by atoms with van der Waals surface area (Å²) in [7, 11) is -2.85. The highest BCUT2D eigenvalue weighted by molar-refractivity contribution is 7.91. The van der Waals surface area contributed by atoms with Gasteiger partial charge in [-0.2, -0.15) is 0 Å². The van der Waals surface area contributed by atoms with Gasteiger partial charge in [0.05, 0.1) is 24.2 Å². The van der Waals surface area contributed by atoms with Gasteiger partial charge < -0.3 is 9.67 Å². The van der Waals surface area contributed by atoms with Gasteiger partial charge in [-0.15, -0.1) is 10.2 Å². The monoisotopic (exact) mass is 285 g/mol. The largest absolute Gasteiger partial charge is 0.394 e. The molecule has 0 bridgehead atoms. The summed E-state index contributed by atoms with van der Waals surface area (Å²) >= 11 is 0. The highest BCUT2D eigenvalue weighted by Gasteiger charge is 2.31. The molecule has 2 atom stereocenters. The molecule has 1 aromatic heterocycles. The van der Waals surface area contributed by atoms with Gasteiger partial charge in [-0.1, -0.05) is 0 Å². The molecule has 7 heteroatoms. The van der Waals surface area contributed by atoms with E-state index in [2.05, 4.69) is 10.2 Å². The molecule has 1 N–H and O–H groups in total. The molecule has 2 aliphatic heterocycles. The van der Waals surface area contributed by atoms with Gasteiger partial charge in [0.1, 0.15) is 11.6 Å². The van der Waals surface area contributed by atoms with E-state index < -0.39 is 9.84 Å². The first-order valence-electron chi connectivity index (χ1n) is 6.83. The summed E-state index contributed by atoms with van der Waals surface area (Å²) in [4.78, 5) is 0. The molecule has 1 aromatic rings. The zero-order valence-corrected chi connectivity index (χ0v) is 11.6. The molecule has 1 saturated heterocycles. The second-order valence-electron chi connectivity index (χ2n) is 5.60. The average Bonchev–Trinajstić information content (AvgIpc) is 2.93. The molecule has 2 unspecified atom stereocenters. The number of fused-ring (bicyclic) bond motifs is 1. The Kier molecular flexibility index (Phi) is 3.34. The molecule has 0 amide bonds. The van der Waals surface area contributed by atoms with Crippen LogP contribution in [0.4, 0.5) is 0 Å². The maximum absolute atomic E-state index is 11.5. The first-order valence-corrected chi connectivity index (χ1v) is 8.65. The Morgan fingerprint density at radius 2 is 2.16 bits per heavy atom. The molecule has 3 heterocycles. The van der Waals surface area contributed by atoms with Gasteiger partial charge in [0.25, 0.3) is 0 Å². The minimum Gasteiger partial charge on any atom is -0.394 e. The van der Waals surface area contributed by atoms with Crippen molar-refractivity contribution in [3.8, 4) is 0 Å². The number of nitrogens with zero attached hydrogens (tertiary/aromatic N) is 3. The lowest BCUT2D eigenvalue weighted by Gasteiger charge is -2.24. The van der Waals surface area contributed by atoms with Crippen LogP contribution in [0.5, 0.6) is 0 Å². The number of aryl methyl sites for hydroxylation is 1. The van der Waals surface area contributed by atoms with Crippen molar-refractivity contribution in [2.45, 2.75) is 38.1 Å². The second-order valence-corrected chi connectivity index (χ2v) is 7.83. The predicted molar refractivity (Wildman–Crippen MR) is 69.5 cm³/mol. The second kappa shape index (κ2) is 4.86. The Hall–Kier alpha value is -0.950. The molecule has 0 aliphatic carbocycles. The third-order valence-electron chi connectivity index (χ3n) is 4.15. The van der Waals surface area contributed by atoms with Crippen molar-refractivity contribution in [3.63, 3.8) is 0 Å². The number of rotatable bonds is 3. The Morgan fingerprint density at radius 3 is 2.84 bits per heavy atom. The molecule has 19 heavy (non-hydrogen) atoms. The summed E-state index contributed by atoms with van der Waals surface area (Å²) in [5.74, 6) is 2.48. The van der Waals surface area contributed by atoms with E-state index in [1.807, 2.05) is 4.57 Å². The van der Waals surface area contributed by atoms with Crippen molar-refractivity contribution in [1.82, 2.24) is 14.8 Å². The topological polar surface area (TPSA) is 85.1 Å². The molecule has 1 fully saturated rings. The lowest BCUT2D eigenvalue weighted by atomic mass is 10.0. The van der Waals surface area contributed by atoms with Gasteiger partial charge in [0, 0.05) is 12.8 Å². The van der Waals surface area contributed by atoms with Gasteiger partial charge in [-0.05, 0) is 25.2 Å². The number of aliphatic hydroxyl groups excluding tert-OH is 1. The van der Waals surface area contributed by atoms with Crippen LogP contribution in [0.2, 0.25) is 0 Å². The smallest absolute Gasteiger partial charge is 0.150 e. The first kappa shape index (κ1) is 13.1. The predicted octanol–water partition coefficient (Wildman–Crippen LogP) is 0.125. The van der Waals surface area contributed by atoms with Crippen LogP contribution < -0.4 is 0 Å². The van der Waals surface area contributed by atoms with Crippen LogP contribution in [-0.2, 0) is 22.7 Å². The van der Waals surface area contributed by atoms with Crippen molar-refractivity contribution >= 4 is 9.84 Å². The summed E-state index contributed by atoms with van der Waals surface area (Å²) in [5.41, 5.74) is 0. The average molecular weight is 285 g/mol. The molecule has 0 radical (unpaired) electrons. The summed E-state index contributed by atoms with van der Waals surface area (Å²) in [5, 5.41) is 17.9. The number of hydrogen-bond acceptors (Lipinski definition) is 5. The minimum atomic E-state index is -2.85. The quantitative estimate of drug-likeness (QED) is 0.853. The Labute approximate surface area is 112 Å². The van der Waals surface area contributed by atoms with Crippen LogP contribution in [-0.4, -0.2) is 46.4 Å². The van der Waals surface area contributed by atoms with Crippen molar-refractivity contribution in [2.75, 3.05) is 18.1 Å². The van der Waals surface area contributed by atoms with Gasteiger partial charge in [0.2, 0.25) is 0 Å². The zero-order valence-electron chi connectivity index (χ0n) is 10.8. The molecule has 6 nitrogen and oxygen atoms in total. The number of hydrogen-bond donors (Lipinski definition) is 1. The molecular formula is C12H19N3O3S. The normalized spacial score (nSPS) is 29.3. The SMILES string of the molecule is O=S1(=O)CCC(Cc2nnc3n2C(CO)CCC3)C1. The van der Waals surface area contributed by atoms with E-state index in [1.54, 1.807) is 0 Å². The fraction of sp³-hybridized carbons (Fsp3) is 0.833. The summed E-state index contributed by atoms with van der Waals surface area (Å²) in [6, 6.07) is 0.0618. The van der Waals surface area contributed by atoms with Crippen molar-refractivity contribution in [2.24, 2.45) is 5.92 Å². The first-order chi connectivity index (χ1) is 9.09. The van der Waals surface area contributed by atoms with Crippen molar-refractivity contribution in [1.29, 1.82) is 0 Å². The van der Waals surface area contributed by atoms with E-state index in [4.69, 9.17) is 0 Å². The fourth-order valence-electron chi connectivity index (χ4n) is 3.18. The third kappa shape index (κ3) is 2.53. The Bertz CT molecular complexity index is 567. The van der Waals surface area contributed by atoms with E-state index in [0.717, 1.165) is 30.9 Å². The highest BCUT2D eigenvalue weighted by Crippen LogP contribution is 2.28. The molecular weight excluding hydrogens is 266 g/mol. The molecule has 0 aromatic carbocycles. The molecule has 0 saturated carbocycles. The Balaban J connectivity index is 1.81. The van der Waals surface area contributed by atoms with Gasteiger partial charge in [-0.3, -0.25) is 0 Å². The summed E-state index contributed by atoms with van der Waals surface area (Å²) in [6.07, 6.45) is 4.24. The standard InChI is InChI=1S/C12H19N3O3S/c16-7-10-2-1-3-11-13-14-12(15(10)11)6-9-4-5-19(17,18)8-9/h9-10,16H,1-8H2. The lowest BCUT2D eigenvalue weighted by molar-refractivity contribution is 0.202. The minimum absolute atomic E-state index is 0.0618. The van der Waals surface area contributed by atoms with E-state index in [-0.39, 0.29) is 24.3 Å². The van der Waals surface area contributed by atoms with Gasteiger partial charge >= 0.3 is 0 Å².